The first-order valence-electron chi connectivity index (χ1n) is 4.95. The highest BCUT2D eigenvalue weighted by Gasteiger charge is 2.32. The number of nitrogens with zero attached hydrogens (tertiary/aromatic N) is 1. The number of aliphatic hydroxyl groups excluding tert-OH is 1. The molecular formula is C9H22N2O3S. The van der Waals surface area contributed by atoms with Crippen LogP contribution in [0.25, 0.3) is 0 Å². The van der Waals surface area contributed by atoms with Crippen LogP contribution in [0, 0.1) is 0 Å². The van der Waals surface area contributed by atoms with Crippen molar-refractivity contribution in [3.05, 3.63) is 0 Å². The Kier molecular flexibility index (Phi) is 4.72. The van der Waals surface area contributed by atoms with Gasteiger partial charge in [-0.15, -0.1) is 0 Å². The van der Waals surface area contributed by atoms with Gasteiger partial charge in [0.1, 0.15) is 0 Å². The summed E-state index contributed by atoms with van der Waals surface area (Å²) in [6.45, 7) is 8.41. The van der Waals surface area contributed by atoms with Crippen molar-refractivity contribution in [3.8, 4) is 0 Å². The lowest BCUT2D eigenvalue weighted by Gasteiger charge is -2.32. The minimum absolute atomic E-state index is 0.118. The molecule has 0 saturated carbocycles. The average Bonchev–Trinajstić information content (AvgIpc) is 2.00. The molecule has 0 aliphatic carbocycles. The van der Waals surface area contributed by atoms with Gasteiger partial charge in [-0.3, -0.25) is 0 Å². The minimum Gasteiger partial charge on any atom is -0.391 e. The first-order valence-corrected chi connectivity index (χ1v) is 6.39. The lowest BCUT2D eigenvalue weighted by molar-refractivity contribution is 0.110. The van der Waals surface area contributed by atoms with E-state index >= 15 is 0 Å². The zero-order chi connectivity index (χ0) is 12.4. The lowest BCUT2D eigenvalue weighted by atomic mass is 10.0. The number of aliphatic hydroxyl groups is 1. The summed E-state index contributed by atoms with van der Waals surface area (Å²) in [4.78, 5) is 0. The maximum Gasteiger partial charge on any atom is 0.280 e. The van der Waals surface area contributed by atoms with Gasteiger partial charge in [0.25, 0.3) is 10.2 Å². The van der Waals surface area contributed by atoms with Crippen molar-refractivity contribution < 1.29 is 13.5 Å². The summed E-state index contributed by atoms with van der Waals surface area (Å²) in [6, 6.07) is -0.118. The standard InChI is InChI=1S/C9H22N2O3S/c1-7(2)11(6)15(13,14)10-9(4,5)8(3)12/h7-8,10,12H,1-6H3. The van der Waals surface area contributed by atoms with E-state index < -0.39 is 21.9 Å². The van der Waals surface area contributed by atoms with Gasteiger partial charge in [0.05, 0.1) is 11.6 Å². The first-order chi connectivity index (χ1) is 6.50. The van der Waals surface area contributed by atoms with Gasteiger partial charge in [-0.1, -0.05) is 0 Å². The molecule has 0 bridgehead atoms. The average molecular weight is 238 g/mol. The fraction of sp³-hybridized carbons (Fsp3) is 1.00. The molecule has 92 valence electrons. The summed E-state index contributed by atoms with van der Waals surface area (Å²) in [5.74, 6) is 0. The van der Waals surface area contributed by atoms with E-state index in [1.165, 1.54) is 11.4 Å². The van der Waals surface area contributed by atoms with E-state index in [-0.39, 0.29) is 6.04 Å². The molecular weight excluding hydrogens is 216 g/mol. The fourth-order valence-corrected chi connectivity index (χ4v) is 2.30. The van der Waals surface area contributed by atoms with Crippen molar-refractivity contribution in [2.75, 3.05) is 7.05 Å². The summed E-state index contributed by atoms with van der Waals surface area (Å²) in [6.07, 6.45) is -0.757. The van der Waals surface area contributed by atoms with Crippen molar-refractivity contribution in [1.82, 2.24) is 9.03 Å². The highest BCUT2D eigenvalue weighted by atomic mass is 32.2. The molecule has 0 amide bonds. The maximum atomic E-state index is 11.8. The zero-order valence-electron chi connectivity index (χ0n) is 10.3. The Labute approximate surface area is 92.7 Å². The Bertz CT molecular complexity index is 296. The van der Waals surface area contributed by atoms with Crippen LogP contribution >= 0.6 is 0 Å². The van der Waals surface area contributed by atoms with Gasteiger partial charge >= 0.3 is 0 Å². The second-order valence-corrected chi connectivity index (χ2v) is 6.34. The van der Waals surface area contributed by atoms with Crippen LogP contribution in [0.1, 0.15) is 34.6 Å². The van der Waals surface area contributed by atoms with E-state index in [1.54, 1.807) is 34.6 Å². The molecule has 0 aliphatic rings. The summed E-state index contributed by atoms with van der Waals surface area (Å²) in [7, 11) is -2.03. The second-order valence-electron chi connectivity index (χ2n) is 4.61. The normalized spacial score (nSPS) is 16.1. The smallest absolute Gasteiger partial charge is 0.280 e. The van der Waals surface area contributed by atoms with Gasteiger partial charge in [-0.05, 0) is 34.6 Å². The molecule has 0 spiro atoms. The molecule has 0 aromatic heterocycles. The summed E-state index contributed by atoms with van der Waals surface area (Å²) < 4.78 is 27.3. The Hall–Kier alpha value is -0.170. The molecule has 0 aromatic carbocycles. The third-order valence-electron chi connectivity index (χ3n) is 2.54. The Morgan fingerprint density at radius 1 is 1.27 bits per heavy atom. The molecule has 0 aromatic rings. The molecule has 6 heteroatoms. The van der Waals surface area contributed by atoms with Crippen molar-refractivity contribution >= 4 is 10.2 Å². The van der Waals surface area contributed by atoms with Gasteiger partial charge in [-0.25, -0.2) is 0 Å². The zero-order valence-corrected chi connectivity index (χ0v) is 11.1. The molecule has 0 aliphatic heterocycles. The lowest BCUT2D eigenvalue weighted by Crippen LogP contribution is -2.55. The van der Waals surface area contributed by atoms with Crippen molar-refractivity contribution in [2.24, 2.45) is 0 Å². The van der Waals surface area contributed by atoms with Crippen LogP contribution in [0.3, 0.4) is 0 Å². The second kappa shape index (κ2) is 4.78. The molecule has 1 atom stereocenters. The van der Waals surface area contributed by atoms with Gasteiger partial charge in [-0.2, -0.15) is 17.4 Å². The van der Waals surface area contributed by atoms with Gasteiger partial charge in [0, 0.05) is 13.1 Å². The first kappa shape index (κ1) is 14.8. The van der Waals surface area contributed by atoms with Crippen LogP contribution in [-0.2, 0) is 10.2 Å². The van der Waals surface area contributed by atoms with Gasteiger partial charge in [0.15, 0.2) is 0 Å². The van der Waals surface area contributed by atoms with Crippen LogP contribution in [0.4, 0.5) is 0 Å². The molecule has 5 nitrogen and oxygen atoms in total. The third kappa shape index (κ3) is 4.06. The largest absolute Gasteiger partial charge is 0.391 e. The fourth-order valence-electron chi connectivity index (χ4n) is 0.767. The molecule has 0 heterocycles. The van der Waals surface area contributed by atoms with Crippen molar-refractivity contribution in [1.29, 1.82) is 0 Å². The molecule has 2 N–H and O–H groups in total. The van der Waals surface area contributed by atoms with Crippen LogP contribution in [-0.4, -0.2) is 42.6 Å². The highest BCUT2D eigenvalue weighted by Crippen LogP contribution is 2.12. The quantitative estimate of drug-likeness (QED) is 0.725. The van der Waals surface area contributed by atoms with Crippen molar-refractivity contribution in [3.63, 3.8) is 0 Å². The monoisotopic (exact) mass is 238 g/mol. The number of hydrogen-bond donors (Lipinski definition) is 2. The maximum absolute atomic E-state index is 11.8. The van der Waals surface area contributed by atoms with Crippen LogP contribution < -0.4 is 4.72 Å². The van der Waals surface area contributed by atoms with E-state index in [1.807, 2.05) is 0 Å². The van der Waals surface area contributed by atoms with Crippen LogP contribution in [0.15, 0.2) is 0 Å². The topological polar surface area (TPSA) is 69.6 Å². The SMILES string of the molecule is CC(C)N(C)S(=O)(=O)NC(C)(C)C(C)O. The number of hydrogen-bond acceptors (Lipinski definition) is 3. The number of nitrogens with one attached hydrogen (secondary N) is 1. The highest BCUT2D eigenvalue weighted by molar-refractivity contribution is 7.87. The van der Waals surface area contributed by atoms with Crippen LogP contribution in [0.5, 0.6) is 0 Å². The Balaban J connectivity index is 4.81. The molecule has 0 fully saturated rings. The summed E-state index contributed by atoms with van der Waals surface area (Å²) in [5, 5.41) is 9.42. The van der Waals surface area contributed by atoms with E-state index in [9.17, 15) is 13.5 Å². The Morgan fingerprint density at radius 3 is 1.93 bits per heavy atom. The molecule has 15 heavy (non-hydrogen) atoms. The van der Waals surface area contributed by atoms with Crippen molar-refractivity contribution in [2.45, 2.75) is 52.3 Å². The van der Waals surface area contributed by atoms with E-state index in [0.717, 1.165) is 0 Å². The van der Waals surface area contributed by atoms with Crippen LogP contribution in [0.2, 0.25) is 0 Å². The summed E-state index contributed by atoms with van der Waals surface area (Å²) in [5.41, 5.74) is -0.873. The molecule has 1 unspecified atom stereocenters. The minimum atomic E-state index is -3.54. The van der Waals surface area contributed by atoms with Gasteiger partial charge < -0.3 is 5.11 Å². The third-order valence-corrected chi connectivity index (χ3v) is 4.51. The predicted molar refractivity (Wildman–Crippen MR) is 60.7 cm³/mol. The predicted octanol–water partition coefficient (Wildman–Crippen LogP) is 0.320. The molecule has 0 radical (unpaired) electrons. The Morgan fingerprint density at radius 2 is 1.67 bits per heavy atom. The summed E-state index contributed by atoms with van der Waals surface area (Å²) >= 11 is 0. The molecule has 0 rings (SSSR count). The molecule has 0 saturated heterocycles. The van der Waals surface area contributed by atoms with E-state index in [0.29, 0.717) is 0 Å². The number of rotatable bonds is 5. The van der Waals surface area contributed by atoms with E-state index in [2.05, 4.69) is 4.72 Å². The van der Waals surface area contributed by atoms with Gasteiger partial charge in [0.2, 0.25) is 0 Å². The van der Waals surface area contributed by atoms with E-state index in [4.69, 9.17) is 0 Å².